The average molecular weight is 336 g/mol. The number of aliphatic hydroxyl groups excluding tert-OH is 3. The molecule has 1 saturated heterocycles. The van der Waals surface area contributed by atoms with Crippen LogP contribution in [0.1, 0.15) is 0 Å². The molecule has 1 aromatic heterocycles. The van der Waals surface area contributed by atoms with E-state index >= 15 is 0 Å². The van der Waals surface area contributed by atoms with Crippen molar-refractivity contribution in [1.29, 1.82) is 0 Å². The molecule has 1 aromatic rings. The predicted octanol–water partition coefficient (Wildman–Crippen LogP) is -2.65. The summed E-state index contributed by atoms with van der Waals surface area (Å²) < 4.78 is 28.2. The van der Waals surface area contributed by atoms with Gasteiger partial charge in [-0.15, -0.1) is 0 Å². The molecular formula is C10H12N2O7S2. The van der Waals surface area contributed by atoms with Crippen LogP contribution >= 0.6 is 12.2 Å². The number of H-pyrrole nitrogens is 1. The van der Waals surface area contributed by atoms with Crippen LogP contribution in [0.5, 0.6) is 0 Å². The molecule has 11 heteroatoms. The molecule has 1 fully saturated rings. The molecule has 0 bridgehead atoms. The number of nitrogens with zero attached hydrogens (tertiary/aromatic N) is 1. The van der Waals surface area contributed by atoms with Crippen LogP contribution in [0.15, 0.2) is 17.1 Å². The molecule has 0 unspecified atom stereocenters. The van der Waals surface area contributed by atoms with Crippen LogP contribution < -0.4 is 5.56 Å². The predicted molar refractivity (Wildman–Crippen MR) is 72.8 cm³/mol. The van der Waals surface area contributed by atoms with Crippen molar-refractivity contribution >= 4 is 27.9 Å². The van der Waals surface area contributed by atoms with E-state index in [-0.39, 0.29) is 4.77 Å². The lowest BCUT2D eigenvalue weighted by Gasteiger charge is -2.29. The van der Waals surface area contributed by atoms with Gasteiger partial charge < -0.3 is 20.1 Å². The second-order valence-electron chi connectivity index (χ2n) is 4.38. The summed E-state index contributed by atoms with van der Waals surface area (Å²) in [6.45, 7) is -0.643. The molecule has 1 aliphatic heterocycles. The molecule has 0 saturated carbocycles. The fraction of sp³-hybridized carbons (Fsp3) is 0.500. The smallest absolute Gasteiger partial charge is 0.251 e. The van der Waals surface area contributed by atoms with Gasteiger partial charge in [0.05, 0.1) is 12.0 Å². The van der Waals surface area contributed by atoms with Crippen LogP contribution in [0, 0.1) is 4.77 Å². The standard InChI is InChI=1S/C10H12N2O7S2/c13-3-5-7(15)8(16)10(19-5,4-21(17)18)12-2-1-6(14)11-9(12)20/h1-2,4-5,7-8,13,15-16H,3H2,(H,11,14,20)/t5-,7-,8-,10-/m1/s1. The largest absolute Gasteiger partial charge is 0.394 e. The second-order valence-corrected chi connectivity index (χ2v) is 5.53. The summed E-state index contributed by atoms with van der Waals surface area (Å²) >= 11 is 4.92. The minimum absolute atomic E-state index is 0.214. The van der Waals surface area contributed by atoms with Crippen LogP contribution in [0.3, 0.4) is 0 Å². The van der Waals surface area contributed by atoms with Crippen LogP contribution in [-0.4, -0.2) is 63.6 Å². The molecular weight excluding hydrogens is 324 g/mol. The molecule has 0 aliphatic carbocycles. The van der Waals surface area contributed by atoms with Crippen molar-refractivity contribution in [2.24, 2.45) is 0 Å². The highest BCUT2D eigenvalue weighted by molar-refractivity contribution is 7.71. The number of hydrogen-bond acceptors (Lipinski definition) is 8. The van der Waals surface area contributed by atoms with Gasteiger partial charge in [0, 0.05) is 12.3 Å². The Hall–Kier alpha value is -1.37. The van der Waals surface area contributed by atoms with E-state index in [4.69, 9.17) is 22.1 Å². The lowest BCUT2D eigenvalue weighted by atomic mass is 10.0. The number of aromatic nitrogens is 2. The molecule has 4 atom stereocenters. The first-order valence-corrected chi connectivity index (χ1v) is 7.28. The van der Waals surface area contributed by atoms with Crippen molar-refractivity contribution in [3.63, 3.8) is 0 Å². The Balaban J connectivity index is 2.73. The zero-order chi connectivity index (χ0) is 15.8. The number of nitrogens with one attached hydrogen (secondary N) is 1. The highest BCUT2D eigenvalue weighted by Crippen LogP contribution is 2.34. The summed E-state index contributed by atoms with van der Waals surface area (Å²) in [6, 6.07) is 1.05. The molecule has 2 rings (SSSR count). The van der Waals surface area contributed by atoms with Crippen molar-refractivity contribution in [3.8, 4) is 0 Å². The van der Waals surface area contributed by atoms with Gasteiger partial charge in [0.25, 0.3) is 5.56 Å². The summed E-state index contributed by atoms with van der Waals surface area (Å²) in [5, 5.41) is 29.7. The minimum Gasteiger partial charge on any atom is -0.394 e. The van der Waals surface area contributed by atoms with Gasteiger partial charge in [-0.05, 0) is 12.2 Å². The Morgan fingerprint density at radius 1 is 1.52 bits per heavy atom. The van der Waals surface area contributed by atoms with Crippen LogP contribution in [0.2, 0.25) is 0 Å². The maximum atomic E-state index is 11.2. The van der Waals surface area contributed by atoms with Crippen LogP contribution in [0.4, 0.5) is 0 Å². The summed E-state index contributed by atoms with van der Waals surface area (Å²) in [7, 11) is -2.77. The Labute approximate surface area is 124 Å². The quantitative estimate of drug-likeness (QED) is 0.439. The summed E-state index contributed by atoms with van der Waals surface area (Å²) in [5.74, 6) is 0. The Morgan fingerprint density at radius 2 is 2.19 bits per heavy atom. The summed E-state index contributed by atoms with van der Waals surface area (Å²) in [4.78, 5) is 13.4. The molecule has 0 amide bonds. The third kappa shape index (κ3) is 2.71. The zero-order valence-corrected chi connectivity index (χ0v) is 12.0. The number of hydrogen-bond donors (Lipinski definition) is 4. The van der Waals surface area contributed by atoms with Crippen molar-refractivity contribution in [1.82, 2.24) is 9.55 Å². The van der Waals surface area contributed by atoms with E-state index in [0.29, 0.717) is 5.37 Å². The van der Waals surface area contributed by atoms with Gasteiger partial charge in [-0.1, -0.05) is 0 Å². The van der Waals surface area contributed by atoms with Gasteiger partial charge in [-0.2, -0.15) is 8.42 Å². The molecule has 4 N–H and O–H groups in total. The molecule has 116 valence electrons. The minimum atomic E-state index is -2.77. The van der Waals surface area contributed by atoms with Gasteiger partial charge in [-0.25, -0.2) is 0 Å². The van der Waals surface area contributed by atoms with Crippen molar-refractivity contribution in [3.05, 3.63) is 27.4 Å². The SMILES string of the molecule is O=c1ccn([C@]2(C=S(=O)=O)O[C@H](CO)[C@@H](O)[C@H]2O)c(=S)[nH]1. The second kappa shape index (κ2) is 5.79. The van der Waals surface area contributed by atoms with E-state index < -0.39 is 46.5 Å². The van der Waals surface area contributed by atoms with Gasteiger partial charge >= 0.3 is 0 Å². The van der Waals surface area contributed by atoms with Gasteiger partial charge in [-0.3, -0.25) is 14.3 Å². The Bertz CT molecular complexity index is 775. The number of aromatic amines is 1. The zero-order valence-electron chi connectivity index (χ0n) is 10.4. The average Bonchev–Trinajstić information content (AvgIpc) is 2.63. The maximum absolute atomic E-state index is 11.2. The Kier molecular flexibility index (Phi) is 4.41. The van der Waals surface area contributed by atoms with Crippen molar-refractivity contribution in [2.75, 3.05) is 6.61 Å². The van der Waals surface area contributed by atoms with Gasteiger partial charge in [0.2, 0.25) is 16.0 Å². The lowest BCUT2D eigenvalue weighted by Crippen LogP contribution is -2.48. The molecule has 21 heavy (non-hydrogen) atoms. The first kappa shape index (κ1) is 16.0. The van der Waals surface area contributed by atoms with Gasteiger partial charge in [0.1, 0.15) is 18.3 Å². The van der Waals surface area contributed by atoms with E-state index in [9.17, 15) is 23.4 Å². The Morgan fingerprint density at radius 3 is 2.67 bits per heavy atom. The molecule has 0 aromatic carbocycles. The molecule has 0 spiro atoms. The normalized spacial score (nSPS) is 32.0. The molecule has 2 heterocycles. The summed E-state index contributed by atoms with van der Waals surface area (Å²) in [6.07, 6.45) is -3.34. The topological polar surface area (TPSA) is 142 Å². The third-order valence-electron chi connectivity index (χ3n) is 3.11. The van der Waals surface area contributed by atoms with E-state index in [1.54, 1.807) is 0 Å². The molecule has 1 aliphatic rings. The van der Waals surface area contributed by atoms with Crippen LogP contribution in [-0.2, 0) is 20.8 Å². The lowest BCUT2D eigenvalue weighted by molar-refractivity contribution is -0.0938. The van der Waals surface area contributed by atoms with Gasteiger partial charge in [0.15, 0.2) is 4.77 Å². The highest BCUT2D eigenvalue weighted by atomic mass is 32.2. The fourth-order valence-corrected chi connectivity index (χ4v) is 3.05. The fourth-order valence-electron chi connectivity index (χ4n) is 2.16. The summed E-state index contributed by atoms with van der Waals surface area (Å²) in [5.41, 5.74) is -2.58. The van der Waals surface area contributed by atoms with Crippen molar-refractivity contribution in [2.45, 2.75) is 24.0 Å². The number of ether oxygens (including phenoxy) is 1. The molecule has 0 radical (unpaired) electrons. The van der Waals surface area contributed by atoms with E-state index in [0.717, 1.165) is 16.8 Å². The first-order valence-electron chi connectivity index (χ1n) is 5.73. The van der Waals surface area contributed by atoms with E-state index in [1.165, 1.54) is 0 Å². The van der Waals surface area contributed by atoms with E-state index in [2.05, 4.69) is 4.98 Å². The highest BCUT2D eigenvalue weighted by Gasteiger charge is 2.55. The number of rotatable bonds is 3. The number of aliphatic hydroxyl groups is 3. The third-order valence-corrected chi connectivity index (χ3v) is 3.94. The van der Waals surface area contributed by atoms with Crippen LogP contribution in [0.25, 0.3) is 0 Å². The maximum Gasteiger partial charge on any atom is 0.251 e. The van der Waals surface area contributed by atoms with Crippen molar-refractivity contribution < 1.29 is 28.5 Å². The molecule has 9 nitrogen and oxygen atoms in total. The van der Waals surface area contributed by atoms with E-state index in [1.807, 2.05) is 0 Å². The first-order chi connectivity index (χ1) is 9.81. The monoisotopic (exact) mass is 336 g/mol.